The first-order valence-electron chi connectivity index (χ1n) is 11.2. The van der Waals surface area contributed by atoms with Crippen molar-refractivity contribution < 1.29 is 18.0 Å². The van der Waals surface area contributed by atoms with Gasteiger partial charge < -0.3 is 10.2 Å². The zero-order chi connectivity index (χ0) is 21.8. The summed E-state index contributed by atoms with van der Waals surface area (Å²) in [5.41, 5.74) is 0.838. The lowest BCUT2D eigenvalue weighted by Crippen LogP contribution is -2.48. The highest BCUT2D eigenvalue weighted by atomic mass is 32.2. The third-order valence-electron chi connectivity index (χ3n) is 6.50. The van der Waals surface area contributed by atoms with Gasteiger partial charge in [-0.15, -0.1) is 0 Å². The summed E-state index contributed by atoms with van der Waals surface area (Å²) in [6, 6.07) is 9.71. The standard InChI is InChI=1S/C23H31N3O4S/c27-22(24-21-6-7-21)19-8-13-25(14-9-19)23(28)20-10-15-26(16-11-20)31(29,30)17-12-18-4-2-1-3-5-18/h1-5,12,17,19-21H,6-11,13-16H2,(H,24,27). The van der Waals surface area contributed by atoms with Crippen LogP contribution in [0.15, 0.2) is 35.7 Å². The molecule has 0 atom stereocenters. The second-order valence-corrected chi connectivity index (χ2v) is 10.6. The van der Waals surface area contributed by atoms with Gasteiger partial charge in [0, 0.05) is 49.5 Å². The summed E-state index contributed by atoms with van der Waals surface area (Å²) in [4.78, 5) is 27.0. The van der Waals surface area contributed by atoms with E-state index in [0.29, 0.717) is 57.9 Å². The molecule has 0 unspecified atom stereocenters. The number of nitrogens with one attached hydrogen (secondary N) is 1. The average Bonchev–Trinajstić information content (AvgIpc) is 3.62. The SMILES string of the molecule is O=C(NC1CC1)C1CCN(C(=O)C2CCN(S(=O)(=O)C=Cc3ccccc3)CC2)CC1. The van der Waals surface area contributed by atoms with E-state index in [1.54, 1.807) is 6.08 Å². The summed E-state index contributed by atoms with van der Waals surface area (Å²) in [5, 5.41) is 4.31. The van der Waals surface area contributed by atoms with Gasteiger partial charge in [0.1, 0.15) is 0 Å². The van der Waals surface area contributed by atoms with Crippen molar-refractivity contribution in [1.29, 1.82) is 0 Å². The van der Waals surface area contributed by atoms with Crippen LogP contribution in [0.5, 0.6) is 0 Å². The van der Waals surface area contributed by atoms with Crippen molar-refractivity contribution in [3.8, 4) is 0 Å². The Labute approximate surface area is 184 Å². The maximum atomic E-state index is 12.9. The Bertz CT molecular complexity index is 911. The molecule has 1 aromatic carbocycles. The number of hydrogen-bond donors (Lipinski definition) is 1. The van der Waals surface area contributed by atoms with Crippen molar-refractivity contribution >= 4 is 27.9 Å². The lowest BCUT2D eigenvalue weighted by atomic mass is 9.92. The lowest BCUT2D eigenvalue weighted by Gasteiger charge is -2.36. The number of carbonyl (C=O) groups excluding carboxylic acids is 2. The largest absolute Gasteiger partial charge is 0.353 e. The summed E-state index contributed by atoms with van der Waals surface area (Å²) in [6.45, 7) is 1.94. The Hall–Kier alpha value is -2.19. The van der Waals surface area contributed by atoms with Crippen LogP contribution in [-0.4, -0.2) is 61.7 Å². The Balaban J connectivity index is 1.24. The smallest absolute Gasteiger partial charge is 0.236 e. The topological polar surface area (TPSA) is 86.8 Å². The fraction of sp³-hybridized carbons (Fsp3) is 0.565. The van der Waals surface area contributed by atoms with E-state index in [1.807, 2.05) is 35.2 Å². The molecule has 3 fully saturated rings. The molecule has 0 spiro atoms. The lowest BCUT2D eigenvalue weighted by molar-refractivity contribution is -0.140. The van der Waals surface area contributed by atoms with E-state index in [1.165, 1.54) is 9.71 Å². The summed E-state index contributed by atoms with van der Waals surface area (Å²) in [6.07, 6.45) is 6.28. The molecule has 2 amide bonds. The highest BCUT2D eigenvalue weighted by molar-refractivity contribution is 7.92. The molecule has 7 nitrogen and oxygen atoms in total. The van der Waals surface area contributed by atoms with Gasteiger partial charge in [-0.2, -0.15) is 4.31 Å². The number of sulfonamides is 1. The number of rotatable bonds is 6. The molecule has 0 aromatic heterocycles. The van der Waals surface area contributed by atoms with Crippen molar-refractivity contribution in [2.24, 2.45) is 11.8 Å². The first-order chi connectivity index (χ1) is 14.9. The molecule has 0 bridgehead atoms. The number of piperidine rings is 2. The predicted octanol–water partition coefficient (Wildman–Crippen LogP) is 2.22. The van der Waals surface area contributed by atoms with Crippen molar-refractivity contribution in [3.63, 3.8) is 0 Å². The fourth-order valence-electron chi connectivity index (χ4n) is 4.34. The van der Waals surface area contributed by atoms with E-state index in [0.717, 1.165) is 18.4 Å². The molecule has 1 N–H and O–H groups in total. The van der Waals surface area contributed by atoms with Gasteiger partial charge >= 0.3 is 0 Å². The van der Waals surface area contributed by atoms with Gasteiger partial charge in [0.2, 0.25) is 21.8 Å². The number of nitrogens with zero attached hydrogens (tertiary/aromatic N) is 2. The second-order valence-electron chi connectivity index (χ2n) is 8.81. The van der Waals surface area contributed by atoms with Crippen LogP contribution < -0.4 is 5.32 Å². The van der Waals surface area contributed by atoms with Gasteiger partial charge in [0.05, 0.1) is 0 Å². The molecule has 1 aliphatic carbocycles. The van der Waals surface area contributed by atoms with E-state index in [-0.39, 0.29) is 23.7 Å². The molecule has 168 valence electrons. The van der Waals surface area contributed by atoms with Gasteiger partial charge in [-0.1, -0.05) is 30.3 Å². The van der Waals surface area contributed by atoms with Crippen LogP contribution in [0.3, 0.4) is 0 Å². The molecule has 2 heterocycles. The van der Waals surface area contributed by atoms with E-state index in [2.05, 4.69) is 5.32 Å². The molecule has 8 heteroatoms. The van der Waals surface area contributed by atoms with E-state index < -0.39 is 10.0 Å². The number of hydrogen-bond acceptors (Lipinski definition) is 4. The average molecular weight is 446 g/mol. The normalized spacial score (nSPS) is 22.0. The first kappa shape index (κ1) is 22.0. The maximum absolute atomic E-state index is 12.9. The molecule has 31 heavy (non-hydrogen) atoms. The minimum atomic E-state index is -3.49. The van der Waals surface area contributed by atoms with Crippen molar-refractivity contribution in [1.82, 2.24) is 14.5 Å². The predicted molar refractivity (Wildman–Crippen MR) is 119 cm³/mol. The van der Waals surface area contributed by atoms with Crippen LogP contribution in [-0.2, 0) is 19.6 Å². The van der Waals surface area contributed by atoms with Gasteiger partial charge in [0.25, 0.3) is 0 Å². The van der Waals surface area contributed by atoms with Crippen molar-refractivity contribution in [2.75, 3.05) is 26.2 Å². The quantitative estimate of drug-likeness (QED) is 0.727. The minimum Gasteiger partial charge on any atom is -0.353 e. The molecule has 3 aliphatic rings. The molecule has 2 saturated heterocycles. The van der Waals surface area contributed by atoms with Gasteiger partial charge in [-0.3, -0.25) is 9.59 Å². The zero-order valence-corrected chi connectivity index (χ0v) is 18.6. The highest BCUT2D eigenvalue weighted by Crippen LogP contribution is 2.26. The Kier molecular flexibility index (Phi) is 6.77. The fourth-order valence-corrected chi connectivity index (χ4v) is 5.56. The van der Waals surface area contributed by atoms with Crippen LogP contribution in [0.2, 0.25) is 0 Å². The Morgan fingerprint density at radius 2 is 1.48 bits per heavy atom. The molecular weight excluding hydrogens is 414 g/mol. The van der Waals surface area contributed by atoms with Crippen LogP contribution in [0.1, 0.15) is 44.1 Å². The van der Waals surface area contributed by atoms with Gasteiger partial charge in [-0.25, -0.2) is 8.42 Å². The molecule has 2 aliphatic heterocycles. The summed E-state index contributed by atoms with van der Waals surface area (Å²) < 4.78 is 26.7. The monoisotopic (exact) mass is 445 g/mol. The summed E-state index contributed by atoms with van der Waals surface area (Å²) in [7, 11) is -3.49. The molecule has 0 radical (unpaired) electrons. The van der Waals surface area contributed by atoms with Crippen LogP contribution in [0.4, 0.5) is 0 Å². The molecule has 4 rings (SSSR count). The summed E-state index contributed by atoms with van der Waals surface area (Å²) >= 11 is 0. The van der Waals surface area contributed by atoms with Crippen molar-refractivity contribution in [2.45, 2.75) is 44.6 Å². The summed E-state index contributed by atoms with van der Waals surface area (Å²) in [5.74, 6) is 0.115. The first-order valence-corrected chi connectivity index (χ1v) is 12.7. The van der Waals surface area contributed by atoms with Gasteiger partial charge in [-0.05, 0) is 50.2 Å². The van der Waals surface area contributed by atoms with Crippen LogP contribution in [0.25, 0.3) is 6.08 Å². The second kappa shape index (κ2) is 9.53. The number of carbonyl (C=O) groups is 2. The van der Waals surface area contributed by atoms with E-state index >= 15 is 0 Å². The van der Waals surface area contributed by atoms with Gasteiger partial charge in [0.15, 0.2) is 0 Å². The number of amides is 2. The maximum Gasteiger partial charge on any atom is 0.236 e. The third-order valence-corrected chi connectivity index (χ3v) is 8.06. The molecular formula is C23H31N3O4S. The highest BCUT2D eigenvalue weighted by Gasteiger charge is 2.35. The molecule has 1 saturated carbocycles. The minimum absolute atomic E-state index is 0.00745. The number of likely N-dealkylation sites (tertiary alicyclic amines) is 1. The van der Waals surface area contributed by atoms with E-state index in [9.17, 15) is 18.0 Å². The van der Waals surface area contributed by atoms with E-state index in [4.69, 9.17) is 0 Å². The Morgan fingerprint density at radius 3 is 2.10 bits per heavy atom. The molecule has 1 aromatic rings. The number of benzene rings is 1. The van der Waals surface area contributed by atoms with Crippen LogP contribution in [0, 0.1) is 11.8 Å². The van der Waals surface area contributed by atoms with Crippen LogP contribution >= 0.6 is 0 Å². The Morgan fingerprint density at radius 1 is 0.871 bits per heavy atom. The zero-order valence-electron chi connectivity index (χ0n) is 17.8. The third kappa shape index (κ3) is 5.74. The van der Waals surface area contributed by atoms with Crippen molar-refractivity contribution in [3.05, 3.63) is 41.3 Å².